The molecule has 0 spiro atoms. The van der Waals surface area contributed by atoms with Gasteiger partial charge in [0.2, 0.25) is 5.91 Å². The van der Waals surface area contributed by atoms with Crippen molar-refractivity contribution in [2.45, 2.75) is 6.54 Å². The lowest BCUT2D eigenvalue weighted by Crippen LogP contribution is -2.31. The fourth-order valence-corrected chi connectivity index (χ4v) is 3.02. The van der Waals surface area contributed by atoms with Gasteiger partial charge in [-0.15, -0.1) is 22.9 Å². The summed E-state index contributed by atoms with van der Waals surface area (Å²) in [5, 5.41) is 2.54. The summed E-state index contributed by atoms with van der Waals surface area (Å²) in [6, 6.07) is 13.4. The zero-order valence-electron chi connectivity index (χ0n) is 11.6. The van der Waals surface area contributed by atoms with Crippen LogP contribution in [0.25, 0.3) is 11.3 Å². The van der Waals surface area contributed by atoms with Gasteiger partial charge in [-0.1, -0.05) is 30.3 Å². The van der Waals surface area contributed by atoms with Crippen molar-refractivity contribution in [1.82, 2.24) is 4.98 Å². The summed E-state index contributed by atoms with van der Waals surface area (Å²) >= 11 is 7.13. The molecule has 1 amide bonds. The molecule has 0 aliphatic rings. The average molecular weight is 333 g/mol. The van der Waals surface area contributed by atoms with Crippen LogP contribution >= 0.6 is 22.9 Å². The zero-order chi connectivity index (χ0) is 15.4. The molecule has 0 aliphatic carbocycles. The molecule has 0 fully saturated rings. The number of halogens is 1. The molecular formula is C16H13ClN2O2S. The topological polar surface area (TPSA) is 46.3 Å². The Morgan fingerprint density at radius 2 is 2.05 bits per heavy atom. The maximum absolute atomic E-state index is 12.1. The maximum atomic E-state index is 12.1. The molecule has 4 nitrogen and oxygen atoms in total. The number of hydrogen-bond donors (Lipinski definition) is 0. The summed E-state index contributed by atoms with van der Waals surface area (Å²) in [4.78, 5) is 18.2. The molecule has 2 heterocycles. The van der Waals surface area contributed by atoms with Crippen molar-refractivity contribution in [3.05, 3.63) is 59.9 Å². The molecule has 6 heteroatoms. The van der Waals surface area contributed by atoms with Crippen LogP contribution in [0.4, 0.5) is 5.13 Å². The van der Waals surface area contributed by atoms with Crippen molar-refractivity contribution < 1.29 is 9.21 Å². The second-order valence-electron chi connectivity index (χ2n) is 4.57. The Bertz CT molecular complexity index is 741. The third kappa shape index (κ3) is 3.21. The standard InChI is InChI=1S/C16H13ClN2O2S/c17-9-15(20)19(10-13-7-4-8-21-13)16-18-14(11-22-16)12-5-2-1-3-6-12/h1-8,11H,9-10H2. The van der Waals surface area contributed by atoms with E-state index in [1.165, 1.54) is 11.3 Å². The molecule has 0 saturated carbocycles. The Morgan fingerprint density at radius 1 is 1.23 bits per heavy atom. The Kier molecular flexibility index (Phi) is 4.56. The minimum Gasteiger partial charge on any atom is -0.467 e. The van der Waals surface area contributed by atoms with Crippen LogP contribution in [-0.2, 0) is 11.3 Å². The van der Waals surface area contributed by atoms with Gasteiger partial charge < -0.3 is 4.42 Å². The highest BCUT2D eigenvalue weighted by Gasteiger charge is 2.20. The number of hydrogen-bond acceptors (Lipinski definition) is 4. The van der Waals surface area contributed by atoms with Gasteiger partial charge in [0.25, 0.3) is 0 Å². The van der Waals surface area contributed by atoms with Crippen molar-refractivity contribution in [3.8, 4) is 11.3 Å². The number of furan rings is 1. The lowest BCUT2D eigenvalue weighted by atomic mass is 10.2. The summed E-state index contributed by atoms with van der Waals surface area (Å²) in [5.74, 6) is 0.392. The van der Waals surface area contributed by atoms with Crippen molar-refractivity contribution in [2.24, 2.45) is 0 Å². The van der Waals surface area contributed by atoms with Crippen LogP contribution in [0.1, 0.15) is 5.76 Å². The minimum atomic E-state index is -0.202. The van der Waals surface area contributed by atoms with Gasteiger partial charge in [-0.3, -0.25) is 9.69 Å². The number of anilines is 1. The quantitative estimate of drug-likeness (QED) is 0.659. The number of benzene rings is 1. The predicted molar refractivity (Wildman–Crippen MR) is 88.2 cm³/mol. The molecule has 3 aromatic rings. The van der Waals surface area contributed by atoms with Crippen LogP contribution in [0.15, 0.2) is 58.5 Å². The van der Waals surface area contributed by atoms with Crippen LogP contribution < -0.4 is 4.90 Å². The molecule has 22 heavy (non-hydrogen) atoms. The Morgan fingerprint density at radius 3 is 2.73 bits per heavy atom. The number of carbonyl (C=O) groups excluding carboxylic acids is 1. The largest absolute Gasteiger partial charge is 0.467 e. The van der Waals surface area contributed by atoms with Crippen LogP contribution in [0.2, 0.25) is 0 Å². The molecule has 0 saturated heterocycles. The Balaban J connectivity index is 1.88. The van der Waals surface area contributed by atoms with E-state index in [-0.39, 0.29) is 11.8 Å². The SMILES string of the molecule is O=C(CCl)N(Cc1ccco1)c1nc(-c2ccccc2)cs1. The van der Waals surface area contributed by atoms with Gasteiger partial charge in [-0.2, -0.15) is 0 Å². The van der Waals surface area contributed by atoms with E-state index in [2.05, 4.69) is 4.98 Å². The van der Waals surface area contributed by atoms with E-state index in [9.17, 15) is 4.79 Å². The summed E-state index contributed by atoms with van der Waals surface area (Å²) in [5.41, 5.74) is 1.86. The van der Waals surface area contributed by atoms with Crippen LogP contribution in [0, 0.1) is 0 Å². The first-order valence-corrected chi connectivity index (χ1v) is 8.09. The van der Waals surface area contributed by atoms with E-state index >= 15 is 0 Å². The number of aromatic nitrogens is 1. The second-order valence-corrected chi connectivity index (χ2v) is 5.68. The maximum Gasteiger partial charge on any atom is 0.244 e. The normalized spacial score (nSPS) is 10.6. The molecule has 1 aromatic carbocycles. The van der Waals surface area contributed by atoms with Crippen LogP contribution in [0.5, 0.6) is 0 Å². The van der Waals surface area contributed by atoms with Gasteiger partial charge in [0, 0.05) is 10.9 Å². The van der Waals surface area contributed by atoms with Gasteiger partial charge in [-0.05, 0) is 12.1 Å². The summed E-state index contributed by atoms with van der Waals surface area (Å²) < 4.78 is 5.31. The number of rotatable bonds is 5. The van der Waals surface area contributed by atoms with Gasteiger partial charge >= 0.3 is 0 Å². The molecule has 3 rings (SSSR count). The van der Waals surface area contributed by atoms with E-state index in [4.69, 9.17) is 16.0 Å². The van der Waals surface area contributed by atoms with Gasteiger partial charge in [0.15, 0.2) is 5.13 Å². The molecule has 0 bridgehead atoms. The molecule has 0 unspecified atom stereocenters. The number of amides is 1. The van der Waals surface area contributed by atoms with Crippen LogP contribution in [0.3, 0.4) is 0 Å². The highest BCUT2D eigenvalue weighted by Crippen LogP contribution is 2.28. The molecule has 2 aromatic heterocycles. The summed E-state index contributed by atoms with van der Waals surface area (Å²) in [6.45, 7) is 0.320. The monoisotopic (exact) mass is 332 g/mol. The lowest BCUT2D eigenvalue weighted by molar-refractivity contribution is -0.116. The number of alkyl halides is 1. The molecule has 0 N–H and O–H groups in total. The number of thiazole rings is 1. The second kappa shape index (κ2) is 6.77. The number of nitrogens with zero attached hydrogens (tertiary/aromatic N) is 2. The van der Waals surface area contributed by atoms with E-state index in [0.29, 0.717) is 17.4 Å². The lowest BCUT2D eigenvalue weighted by Gasteiger charge is -2.17. The first-order chi connectivity index (χ1) is 10.8. The Labute approximate surface area is 137 Å². The minimum absolute atomic E-state index is 0.0963. The summed E-state index contributed by atoms with van der Waals surface area (Å²) in [7, 11) is 0. The number of carbonyl (C=O) groups is 1. The molecular weight excluding hydrogens is 320 g/mol. The third-order valence-electron chi connectivity index (χ3n) is 3.10. The Hall–Kier alpha value is -2.11. The van der Waals surface area contributed by atoms with E-state index in [0.717, 1.165) is 11.3 Å². The zero-order valence-corrected chi connectivity index (χ0v) is 13.2. The van der Waals surface area contributed by atoms with Crippen molar-refractivity contribution in [3.63, 3.8) is 0 Å². The van der Waals surface area contributed by atoms with E-state index in [1.807, 2.05) is 41.8 Å². The highest BCUT2D eigenvalue weighted by atomic mass is 35.5. The predicted octanol–water partition coefficient (Wildman–Crippen LogP) is 4.18. The van der Waals surface area contributed by atoms with E-state index < -0.39 is 0 Å². The van der Waals surface area contributed by atoms with Crippen molar-refractivity contribution in [1.29, 1.82) is 0 Å². The fraction of sp³-hybridized carbons (Fsp3) is 0.125. The average Bonchev–Trinajstić information content (AvgIpc) is 3.24. The first kappa shape index (κ1) is 14.8. The van der Waals surface area contributed by atoms with Crippen molar-refractivity contribution >= 4 is 34.0 Å². The van der Waals surface area contributed by atoms with Gasteiger partial charge in [-0.25, -0.2) is 4.98 Å². The smallest absolute Gasteiger partial charge is 0.244 e. The van der Waals surface area contributed by atoms with Crippen molar-refractivity contribution in [2.75, 3.05) is 10.8 Å². The first-order valence-electron chi connectivity index (χ1n) is 6.67. The van der Waals surface area contributed by atoms with Gasteiger partial charge in [0.1, 0.15) is 11.6 Å². The van der Waals surface area contributed by atoms with Crippen LogP contribution in [-0.4, -0.2) is 16.8 Å². The van der Waals surface area contributed by atoms with Gasteiger partial charge in [0.05, 0.1) is 18.5 Å². The van der Waals surface area contributed by atoms with E-state index in [1.54, 1.807) is 17.2 Å². The third-order valence-corrected chi connectivity index (χ3v) is 4.19. The molecule has 112 valence electrons. The highest BCUT2D eigenvalue weighted by molar-refractivity contribution is 7.14. The molecule has 0 radical (unpaired) electrons. The fourth-order valence-electron chi connectivity index (χ4n) is 2.02. The molecule has 0 atom stereocenters. The summed E-state index contributed by atoms with van der Waals surface area (Å²) in [6.07, 6.45) is 1.58. The molecule has 0 aliphatic heterocycles.